The van der Waals surface area contributed by atoms with Gasteiger partial charge in [0.25, 0.3) is 0 Å². The van der Waals surface area contributed by atoms with E-state index in [1.165, 1.54) is 5.56 Å². The molecule has 124 valence electrons. The zero-order valence-corrected chi connectivity index (χ0v) is 14.3. The van der Waals surface area contributed by atoms with Gasteiger partial charge in [0.1, 0.15) is 11.9 Å². The summed E-state index contributed by atoms with van der Waals surface area (Å²) in [6, 6.07) is 18.5. The fourth-order valence-electron chi connectivity index (χ4n) is 2.54. The Balaban J connectivity index is 0.000000924. The maximum Gasteiger partial charge on any atom is 0.151 e. The molecule has 0 radical (unpaired) electrons. The smallest absolute Gasteiger partial charge is 0.151 e. The summed E-state index contributed by atoms with van der Waals surface area (Å²) in [6.45, 7) is 8.52. The quantitative estimate of drug-likeness (QED) is 0.920. The van der Waals surface area contributed by atoms with Crippen LogP contribution in [0.5, 0.6) is 5.75 Å². The van der Waals surface area contributed by atoms with Gasteiger partial charge >= 0.3 is 0 Å². The molecular formula is C20H27NO2. The monoisotopic (exact) mass is 313 g/mol. The lowest BCUT2D eigenvalue weighted by Crippen LogP contribution is -2.43. The lowest BCUT2D eigenvalue weighted by molar-refractivity contribution is -0.0432. The Morgan fingerprint density at radius 2 is 1.74 bits per heavy atom. The fraction of sp³-hybridized carbons (Fsp3) is 0.400. The standard InChI is InChI=1S/C18H21NO2.C2H6/c1-14-7-9-16(10-8-14)21-18(15-5-3-2-4-6-15)17-13-19-11-12-20-17;1-2/h2-10,17-19H,11-13H2,1H3;1-2H3. The molecule has 3 rings (SSSR count). The van der Waals surface area contributed by atoms with Gasteiger partial charge in [0.05, 0.1) is 6.61 Å². The number of benzene rings is 2. The zero-order chi connectivity index (χ0) is 16.5. The highest BCUT2D eigenvalue weighted by Gasteiger charge is 2.27. The number of hydrogen-bond acceptors (Lipinski definition) is 3. The molecule has 1 N–H and O–H groups in total. The van der Waals surface area contributed by atoms with Gasteiger partial charge in [-0.25, -0.2) is 0 Å². The van der Waals surface area contributed by atoms with Crippen molar-refractivity contribution in [3.8, 4) is 5.75 Å². The van der Waals surface area contributed by atoms with Crippen molar-refractivity contribution in [3.05, 3.63) is 65.7 Å². The van der Waals surface area contributed by atoms with Crippen molar-refractivity contribution in [2.45, 2.75) is 33.0 Å². The molecule has 0 spiro atoms. The minimum absolute atomic E-state index is 0.0300. The summed E-state index contributed by atoms with van der Waals surface area (Å²) in [6.07, 6.45) is -0.0656. The average molecular weight is 313 g/mol. The van der Waals surface area contributed by atoms with Gasteiger partial charge in [0.2, 0.25) is 0 Å². The first-order chi connectivity index (χ1) is 11.3. The van der Waals surface area contributed by atoms with E-state index in [-0.39, 0.29) is 12.2 Å². The Morgan fingerprint density at radius 3 is 2.35 bits per heavy atom. The second kappa shape index (κ2) is 9.33. The molecule has 1 aliphatic heterocycles. The van der Waals surface area contributed by atoms with Gasteiger partial charge in [0, 0.05) is 13.1 Å². The predicted octanol–water partition coefficient (Wildman–Crippen LogP) is 4.13. The van der Waals surface area contributed by atoms with Crippen LogP contribution in [0.3, 0.4) is 0 Å². The molecule has 0 amide bonds. The lowest BCUT2D eigenvalue weighted by Gasteiger charge is -2.31. The van der Waals surface area contributed by atoms with Crippen molar-refractivity contribution in [2.24, 2.45) is 0 Å². The van der Waals surface area contributed by atoms with Crippen molar-refractivity contribution in [1.29, 1.82) is 0 Å². The molecule has 3 heteroatoms. The first-order valence-corrected chi connectivity index (χ1v) is 8.43. The summed E-state index contributed by atoms with van der Waals surface area (Å²) in [5.74, 6) is 0.878. The van der Waals surface area contributed by atoms with E-state index in [0.29, 0.717) is 0 Å². The van der Waals surface area contributed by atoms with Crippen molar-refractivity contribution in [1.82, 2.24) is 5.32 Å². The Bertz CT molecular complexity index is 548. The molecule has 1 saturated heterocycles. The highest BCUT2D eigenvalue weighted by Crippen LogP contribution is 2.27. The minimum Gasteiger partial charge on any atom is -0.483 e. The first kappa shape index (κ1) is 17.5. The minimum atomic E-state index is -0.0956. The summed E-state index contributed by atoms with van der Waals surface area (Å²) < 4.78 is 12.1. The van der Waals surface area contributed by atoms with Gasteiger partial charge in [-0.05, 0) is 24.6 Å². The van der Waals surface area contributed by atoms with Crippen molar-refractivity contribution < 1.29 is 9.47 Å². The van der Waals surface area contributed by atoms with Crippen LogP contribution in [0.25, 0.3) is 0 Å². The summed E-state index contributed by atoms with van der Waals surface area (Å²) in [5.41, 5.74) is 2.38. The van der Waals surface area contributed by atoms with Crippen LogP contribution in [-0.2, 0) is 4.74 Å². The van der Waals surface area contributed by atoms with Crippen LogP contribution in [-0.4, -0.2) is 25.8 Å². The highest BCUT2D eigenvalue weighted by atomic mass is 16.5. The number of hydrogen-bond donors (Lipinski definition) is 1. The van der Waals surface area contributed by atoms with E-state index < -0.39 is 0 Å². The molecule has 1 fully saturated rings. The van der Waals surface area contributed by atoms with E-state index in [2.05, 4.69) is 36.5 Å². The normalized spacial score (nSPS) is 18.5. The maximum atomic E-state index is 6.23. The van der Waals surface area contributed by atoms with Crippen LogP contribution < -0.4 is 10.1 Å². The van der Waals surface area contributed by atoms with Gasteiger partial charge < -0.3 is 14.8 Å². The molecule has 1 aliphatic rings. The molecule has 0 saturated carbocycles. The molecular weight excluding hydrogens is 286 g/mol. The molecule has 0 aromatic heterocycles. The highest BCUT2D eigenvalue weighted by molar-refractivity contribution is 5.28. The molecule has 3 nitrogen and oxygen atoms in total. The Morgan fingerprint density at radius 1 is 1.04 bits per heavy atom. The van der Waals surface area contributed by atoms with Crippen LogP contribution in [0.4, 0.5) is 0 Å². The van der Waals surface area contributed by atoms with Crippen molar-refractivity contribution >= 4 is 0 Å². The van der Waals surface area contributed by atoms with Gasteiger partial charge in [0.15, 0.2) is 6.10 Å². The summed E-state index contributed by atoms with van der Waals surface area (Å²) in [4.78, 5) is 0. The zero-order valence-electron chi connectivity index (χ0n) is 14.3. The number of rotatable bonds is 4. The molecule has 2 aromatic carbocycles. The molecule has 2 aromatic rings. The van der Waals surface area contributed by atoms with Crippen LogP contribution in [0, 0.1) is 6.92 Å². The van der Waals surface area contributed by atoms with E-state index in [1.54, 1.807) is 0 Å². The Labute approximate surface area is 139 Å². The van der Waals surface area contributed by atoms with E-state index in [0.717, 1.165) is 31.0 Å². The first-order valence-electron chi connectivity index (χ1n) is 8.43. The van der Waals surface area contributed by atoms with E-state index in [9.17, 15) is 0 Å². The maximum absolute atomic E-state index is 6.23. The number of nitrogens with one attached hydrogen (secondary N) is 1. The van der Waals surface area contributed by atoms with Gasteiger partial charge in [-0.2, -0.15) is 0 Å². The van der Waals surface area contributed by atoms with E-state index in [1.807, 2.05) is 44.2 Å². The predicted molar refractivity (Wildman–Crippen MR) is 94.9 cm³/mol. The Hall–Kier alpha value is -1.84. The summed E-state index contributed by atoms with van der Waals surface area (Å²) in [7, 11) is 0. The largest absolute Gasteiger partial charge is 0.483 e. The summed E-state index contributed by atoms with van der Waals surface area (Å²) in [5, 5.41) is 3.37. The van der Waals surface area contributed by atoms with Crippen molar-refractivity contribution in [2.75, 3.05) is 19.7 Å². The molecule has 1 heterocycles. The molecule has 23 heavy (non-hydrogen) atoms. The second-order valence-electron chi connectivity index (χ2n) is 5.38. The third kappa shape index (κ3) is 5.08. The van der Waals surface area contributed by atoms with Gasteiger partial charge in [-0.15, -0.1) is 0 Å². The lowest BCUT2D eigenvalue weighted by atomic mass is 10.0. The van der Waals surface area contributed by atoms with Crippen LogP contribution in [0.1, 0.15) is 31.1 Å². The fourth-order valence-corrected chi connectivity index (χ4v) is 2.54. The average Bonchev–Trinajstić information content (AvgIpc) is 2.64. The summed E-state index contributed by atoms with van der Waals surface area (Å²) >= 11 is 0. The molecule has 2 unspecified atom stereocenters. The molecule has 0 aliphatic carbocycles. The molecule has 0 bridgehead atoms. The number of ether oxygens (including phenoxy) is 2. The van der Waals surface area contributed by atoms with Gasteiger partial charge in [-0.3, -0.25) is 0 Å². The second-order valence-corrected chi connectivity index (χ2v) is 5.38. The van der Waals surface area contributed by atoms with E-state index in [4.69, 9.17) is 9.47 Å². The van der Waals surface area contributed by atoms with E-state index >= 15 is 0 Å². The number of aryl methyl sites for hydroxylation is 1. The third-order valence-electron chi connectivity index (χ3n) is 3.71. The Kier molecular flexibility index (Phi) is 7.11. The van der Waals surface area contributed by atoms with Crippen molar-refractivity contribution in [3.63, 3.8) is 0 Å². The van der Waals surface area contributed by atoms with Crippen LogP contribution >= 0.6 is 0 Å². The third-order valence-corrected chi connectivity index (χ3v) is 3.71. The van der Waals surface area contributed by atoms with Gasteiger partial charge in [-0.1, -0.05) is 61.9 Å². The molecule has 2 atom stereocenters. The van der Waals surface area contributed by atoms with Crippen LogP contribution in [0.2, 0.25) is 0 Å². The van der Waals surface area contributed by atoms with Crippen LogP contribution in [0.15, 0.2) is 54.6 Å². The topological polar surface area (TPSA) is 30.5 Å². The number of morpholine rings is 1. The SMILES string of the molecule is CC.Cc1ccc(OC(c2ccccc2)C2CNCCO2)cc1.